The van der Waals surface area contributed by atoms with Crippen LogP contribution in [0.4, 0.5) is 5.69 Å². The van der Waals surface area contributed by atoms with Crippen molar-refractivity contribution in [3.05, 3.63) is 59.7 Å². The Kier molecular flexibility index (Phi) is 9.24. The van der Waals surface area contributed by atoms with Crippen LogP contribution in [0.25, 0.3) is 0 Å². The minimum Gasteiger partial charge on any atom is -0.481 e. The van der Waals surface area contributed by atoms with Crippen LogP contribution in [0.15, 0.2) is 58.4 Å². The number of rotatable bonds is 11. The number of guanidine groups is 1. The van der Waals surface area contributed by atoms with Crippen molar-refractivity contribution < 1.29 is 29.4 Å². The third-order valence-corrected chi connectivity index (χ3v) is 5.36. The molecule has 0 aromatic heterocycles. The van der Waals surface area contributed by atoms with Crippen molar-refractivity contribution in [2.24, 2.45) is 16.5 Å². The number of aliphatic carboxylic acids is 1. The van der Waals surface area contributed by atoms with Gasteiger partial charge in [-0.1, -0.05) is 18.2 Å². The summed E-state index contributed by atoms with van der Waals surface area (Å²) in [5.41, 5.74) is 11.3. The Morgan fingerprint density at radius 3 is 2.42 bits per heavy atom. The number of nitrogens with two attached hydrogens (primary N) is 2. The average molecular weight is 474 g/mol. The first kappa shape index (κ1) is 25.2. The summed E-state index contributed by atoms with van der Waals surface area (Å²) in [5, 5.41) is 23.4. The molecular weight excluding hydrogens is 450 g/mol. The zero-order valence-corrected chi connectivity index (χ0v) is 18.2. The van der Waals surface area contributed by atoms with Crippen LogP contribution >= 0.6 is 11.8 Å². The lowest BCUT2D eigenvalue weighted by Gasteiger charge is -2.17. The Hall–Kier alpha value is -4.06. The summed E-state index contributed by atoms with van der Waals surface area (Å²) >= 11 is 1.12. The lowest BCUT2D eigenvalue weighted by Crippen LogP contribution is -2.44. The molecular formula is C21H23N5O6S. The molecule has 0 saturated heterocycles. The van der Waals surface area contributed by atoms with Crippen molar-refractivity contribution in [3.63, 3.8) is 0 Å². The number of carboxylic acid groups (broad SMARTS) is 2. The lowest BCUT2D eigenvalue weighted by molar-refractivity contribution is -0.137. The third kappa shape index (κ3) is 8.53. The van der Waals surface area contributed by atoms with Crippen LogP contribution < -0.4 is 22.1 Å². The molecule has 0 saturated carbocycles. The van der Waals surface area contributed by atoms with Crippen LogP contribution in [0, 0.1) is 0 Å². The van der Waals surface area contributed by atoms with E-state index in [1.165, 1.54) is 18.2 Å². The van der Waals surface area contributed by atoms with Crippen LogP contribution in [-0.2, 0) is 9.59 Å². The predicted molar refractivity (Wildman–Crippen MR) is 123 cm³/mol. The molecule has 2 aromatic rings. The predicted octanol–water partition coefficient (Wildman–Crippen LogP) is 0.771. The Labute approximate surface area is 193 Å². The van der Waals surface area contributed by atoms with E-state index in [4.69, 9.17) is 16.6 Å². The van der Waals surface area contributed by atoms with Crippen molar-refractivity contribution in [2.45, 2.75) is 17.4 Å². The van der Waals surface area contributed by atoms with E-state index >= 15 is 0 Å². The first-order valence-corrected chi connectivity index (χ1v) is 10.6. The van der Waals surface area contributed by atoms with Gasteiger partial charge in [0.15, 0.2) is 5.96 Å². The van der Waals surface area contributed by atoms with Crippen LogP contribution in [0.2, 0.25) is 0 Å². The van der Waals surface area contributed by atoms with Gasteiger partial charge in [0.25, 0.3) is 5.91 Å². The maximum absolute atomic E-state index is 12.3. The summed E-state index contributed by atoms with van der Waals surface area (Å²) < 4.78 is 0. The summed E-state index contributed by atoms with van der Waals surface area (Å²) in [5.74, 6) is -3.42. The third-order valence-electron chi connectivity index (χ3n) is 4.12. The fraction of sp³-hybridized carbons (Fsp3) is 0.190. The minimum absolute atomic E-state index is 0.0816. The molecule has 8 N–H and O–H groups in total. The zero-order valence-electron chi connectivity index (χ0n) is 17.4. The summed E-state index contributed by atoms with van der Waals surface area (Å²) in [7, 11) is 0. The van der Waals surface area contributed by atoms with Crippen molar-refractivity contribution in [1.82, 2.24) is 10.6 Å². The molecule has 174 valence electrons. The second-order valence-corrected chi connectivity index (χ2v) is 7.81. The monoisotopic (exact) mass is 473 g/mol. The molecule has 33 heavy (non-hydrogen) atoms. The highest BCUT2D eigenvalue weighted by Gasteiger charge is 2.19. The Bertz CT molecular complexity index is 1070. The maximum Gasteiger partial charge on any atom is 0.336 e. The highest BCUT2D eigenvalue weighted by Crippen LogP contribution is 2.24. The molecule has 0 spiro atoms. The fourth-order valence-corrected chi connectivity index (χ4v) is 3.80. The fourth-order valence-electron chi connectivity index (χ4n) is 2.73. The Morgan fingerprint density at radius 1 is 1.03 bits per heavy atom. The van der Waals surface area contributed by atoms with Crippen molar-refractivity contribution in [1.29, 1.82) is 0 Å². The molecule has 2 rings (SSSR count). The number of aliphatic imine (C=N–C) groups is 1. The van der Waals surface area contributed by atoms with E-state index in [2.05, 4.69) is 15.6 Å². The van der Waals surface area contributed by atoms with Gasteiger partial charge < -0.3 is 32.3 Å². The molecule has 1 atom stereocenters. The minimum atomic E-state index is -1.13. The Morgan fingerprint density at radius 2 is 1.76 bits per heavy atom. The SMILES string of the molecule is NC(N)=Nc1cccc(C(=O)NCC(=O)NC(CSc2ccccc2C(=O)O)CC(=O)O)c1. The molecule has 0 aliphatic heterocycles. The lowest BCUT2D eigenvalue weighted by atomic mass is 10.2. The molecule has 0 heterocycles. The number of carboxylic acids is 2. The molecule has 0 bridgehead atoms. The number of thioether (sulfide) groups is 1. The van der Waals surface area contributed by atoms with Crippen LogP contribution in [0.5, 0.6) is 0 Å². The van der Waals surface area contributed by atoms with Gasteiger partial charge in [-0.3, -0.25) is 14.4 Å². The number of aromatic carboxylic acids is 1. The molecule has 0 aliphatic rings. The highest BCUT2D eigenvalue weighted by molar-refractivity contribution is 7.99. The molecule has 11 nitrogen and oxygen atoms in total. The zero-order chi connectivity index (χ0) is 24.4. The molecule has 0 aliphatic carbocycles. The number of benzene rings is 2. The summed E-state index contributed by atoms with van der Waals surface area (Å²) in [6.45, 7) is -0.391. The van der Waals surface area contributed by atoms with Gasteiger partial charge in [-0.05, 0) is 30.3 Å². The van der Waals surface area contributed by atoms with Crippen LogP contribution in [-0.4, -0.2) is 58.3 Å². The largest absolute Gasteiger partial charge is 0.481 e. The topological polar surface area (TPSA) is 197 Å². The van der Waals surface area contributed by atoms with E-state index in [1.54, 1.807) is 30.3 Å². The summed E-state index contributed by atoms with van der Waals surface area (Å²) in [4.78, 5) is 51.4. The molecule has 2 aromatic carbocycles. The van der Waals surface area contributed by atoms with Crippen LogP contribution in [0.1, 0.15) is 27.1 Å². The molecule has 0 radical (unpaired) electrons. The first-order chi connectivity index (χ1) is 15.7. The van der Waals surface area contributed by atoms with E-state index in [9.17, 15) is 24.3 Å². The molecule has 2 amide bonds. The van der Waals surface area contributed by atoms with Gasteiger partial charge in [0.05, 0.1) is 24.2 Å². The number of amides is 2. The van der Waals surface area contributed by atoms with Crippen LogP contribution in [0.3, 0.4) is 0 Å². The second kappa shape index (κ2) is 12.1. The van der Waals surface area contributed by atoms with Gasteiger partial charge in [-0.15, -0.1) is 11.8 Å². The normalized spacial score (nSPS) is 11.2. The van der Waals surface area contributed by atoms with Gasteiger partial charge in [0, 0.05) is 22.3 Å². The van der Waals surface area contributed by atoms with E-state index in [1.807, 2.05) is 0 Å². The number of carbonyl (C=O) groups excluding carboxylic acids is 2. The maximum atomic E-state index is 12.3. The van der Waals surface area contributed by atoms with E-state index in [0.717, 1.165) is 11.8 Å². The Balaban J connectivity index is 1.96. The van der Waals surface area contributed by atoms with E-state index in [-0.39, 0.29) is 29.3 Å². The number of carbonyl (C=O) groups is 4. The van der Waals surface area contributed by atoms with Gasteiger partial charge in [0.2, 0.25) is 5.91 Å². The average Bonchev–Trinajstić information content (AvgIpc) is 2.75. The molecule has 0 fully saturated rings. The number of hydrogen-bond donors (Lipinski definition) is 6. The van der Waals surface area contributed by atoms with Gasteiger partial charge in [-0.2, -0.15) is 0 Å². The van der Waals surface area contributed by atoms with Gasteiger partial charge >= 0.3 is 11.9 Å². The second-order valence-electron chi connectivity index (χ2n) is 6.74. The standard InChI is InChI=1S/C21H23N5O6S/c22-21(23)26-13-5-3-4-12(8-13)19(30)24-10-17(27)25-14(9-18(28)29)11-33-16-7-2-1-6-15(16)20(31)32/h1-8,14H,9-11H2,(H,24,30)(H,25,27)(H,28,29)(H,31,32)(H4,22,23,26). The van der Waals surface area contributed by atoms with Crippen molar-refractivity contribution >= 4 is 47.2 Å². The summed E-state index contributed by atoms with van der Waals surface area (Å²) in [6.07, 6.45) is -0.373. The first-order valence-electron chi connectivity index (χ1n) is 9.60. The number of nitrogens with zero attached hydrogens (tertiary/aromatic N) is 1. The van der Waals surface area contributed by atoms with Crippen molar-refractivity contribution in [2.75, 3.05) is 12.3 Å². The van der Waals surface area contributed by atoms with Gasteiger partial charge in [-0.25, -0.2) is 9.79 Å². The highest BCUT2D eigenvalue weighted by atomic mass is 32.2. The number of hydrogen-bond acceptors (Lipinski definition) is 6. The molecule has 12 heteroatoms. The van der Waals surface area contributed by atoms with Crippen molar-refractivity contribution in [3.8, 4) is 0 Å². The summed E-state index contributed by atoms with van der Waals surface area (Å²) in [6, 6.07) is 11.6. The van der Waals surface area contributed by atoms with E-state index < -0.39 is 36.3 Å². The van der Waals surface area contributed by atoms with E-state index in [0.29, 0.717) is 10.6 Å². The molecule has 1 unspecified atom stereocenters. The number of nitrogens with one attached hydrogen (secondary N) is 2. The smallest absolute Gasteiger partial charge is 0.336 e. The van der Waals surface area contributed by atoms with Gasteiger partial charge in [0.1, 0.15) is 0 Å². The quantitative estimate of drug-likeness (QED) is 0.155.